The first-order valence-electron chi connectivity index (χ1n) is 8.48. The van der Waals surface area contributed by atoms with Gasteiger partial charge in [-0.25, -0.2) is 0 Å². The maximum atomic E-state index is 6.30. The number of para-hydroxylation sites is 1. The molecular formula is C20H25NO4. The number of methoxy groups -OCH3 is 3. The average molecular weight is 343 g/mol. The molecule has 2 aromatic rings. The first kappa shape index (κ1) is 17.4. The van der Waals surface area contributed by atoms with Gasteiger partial charge in [0.25, 0.3) is 0 Å². The molecule has 0 radical (unpaired) electrons. The Balaban J connectivity index is 2.19. The zero-order valence-corrected chi connectivity index (χ0v) is 15.2. The molecule has 1 N–H and O–H groups in total. The fourth-order valence-corrected chi connectivity index (χ4v) is 3.38. The quantitative estimate of drug-likeness (QED) is 0.775. The second-order valence-corrected chi connectivity index (χ2v) is 5.96. The highest BCUT2D eigenvalue weighted by molar-refractivity contribution is 5.84. The molecule has 3 rings (SSSR count). The zero-order chi connectivity index (χ0) is 17.8. The number of fused-ring (bicyclic) bond motifs is 3. The highest BCUT2D eigenvalue weighted by Gasteiger charge is 2.32. The second-order valence-electron chi connectivity index (χ2n) is 5.96. The monoisotopic (exact) mass is 343 g/mol. The van der Waals surface area contributed by atoms with Crippen LogP contribution in [0.25, 0.3) is 11.1 Å². The molecule has 1 atom stereocenters. The number of hydrogen-bond acceptors (Lipinski definition) is 5. The first-order chi connectivity index (χ1) is 12.2. The molecule has 1 unspecified atom stereocenters. The van der Waals surface area contributed by atoms with Crippen LogP contribution >= 0.6 is 0 Å². The van der Waals surface area contributed by atoms with E-state index in [0.29, 0.717) is 17.2 Å². The third kappa shape index (κ3) is 3.12. The van der Waals surface area contributed by atoms with E-state index in [1.54, 1.807) is 21.3 Å². The van der Waals surface area contributed by atoms with Crippen LogP contribution in [0.4, 0.5) is 0 Å². The Bertz CT molecular complexity index is 745. The fraction of sp³-hybridized carbons (Fsp3) is 0.400. The number of ether oxygens (including phenoxy) is 4. The maximum Gasteiger partial charge on any atom is 0.203 e. The van der Waals surface area contributed by atoms with Crippen LogP contribution < -0.4 is 24.3 Å². The van der Waals surface area contributed by atoms with Crippen LogP contribution in [0.2, 0.25) is 0 Å². The zero-order valence-electron chi connectivity index (χ0n) is 15.2. The summed E-state index contributed by atoms with van der Waals surface area (Å²) in [6.45, 7) is 0.946. The standard InChI is InChI=1S/C20H25NO4/c1-21-11-7-10-16-14-12-17(22-2)19(23-3)20(24-4)18(14)13-8-5-6-9-15(13)25-16/h5-6,8-9,12,16,21H,7,10-11H2,1-4H3. The van der Waals surface area contributed by atoms with Gasteiger partial charge in [0.1, 0.15) is 11.9 Å². The van der Waals surface area contributed by atoms with Gasteiger partial charge in [-0.3, -0.25) is 0 Å². The molecule has 2 aromatic carbocycles. The van der Waals surface area contributed by atoms with E-state index in [4.69, 9.17) is 18.9 Å². The van der Waals surface area contributed by atoms with Crippen molar-refractivity contribution in [3.63, 3.8) is 0 Å². The van der Waals surface area contributed by atoms with E-state index >= 15 is 0 Å². The Morgan fingerprint density at radius 2 is 1.80 bits per heavy atom. The minimum atomic E-state index is -0.0491. The van der Waals surface area contributed by atoms with Gasteiger partial charge in [0, 0.05) is 16.7 Å². The Morgan fingerprint density at radius 3 is 2.48 bits per heavy atom. The summed E-state index contributed by atoms with van der Waals surface area (Å²) in [5.41, 5.74) is 3.11. The third-order valence-electron chi connectivity index (χ3n) is 4.53. The number of nitrogens with one attached hydrogen (secondary N) is 1. The maximum absolute atomic E-state index is 6.30. The SMILES string of the molecule is CNCCCC1Oc2ccccc2-c2c1cc(OC)c(OC)c2OC. The van der Waals surface area contributed by atoms with Crippen molar-refractivity contribution in [3.8, 4) is 34.1 Å². The predicted molar refractivity (Wildman–Crippen MR) is 98.1 cm³/mol. The average Bonchev–Trinajstić information content (AvgIpc) is 2.66. The molecule has 134 valence electrons. The van der Waals surface area contributed by atoms with Gasteiger partial charge in [0.05, 0.1) is 21.3 Å². The van der Waals surface area contributed by atoms with Gasteiger partial charge in [0.2, 0.25) is 5.75 Å². The van der Waals surface area contributed by atoms with Crippen molar-refractivity contribution in [1.82, 2.24) is 5.32 Å². The normalized spacial score (nSPS) is 15.0. The van der Waals surface area contributed by atoms with Crippen LogP contribution in [0.15, 0.2) is 30.3 Å². The van der Waals surface area contributed by atoms with Crippen molar-refractivity contribution in [3.05, 3.63) is 35.9 Å². The summed E-state index contributed by atoms with van der Waals surface area (Å²) in [7, 11) is 6.88. The summed E-state index contributed by atoms with van der Waals surface area (Å²) in [6.07, 6.45) is 1.87. The van der Waals surface area contributed by atoms with E-state index in [1.807, 2.05) is 37.4 Å². The van der Waals surface area contributed by atoms with Crippen LogP contribution in [0.3, 0.4) is 0 Å². The van der Waals surface area contributed by atoms with E-state index in [0.717, 1.165) is 41.8 Å². The molecule has 0 bridgehead atoms. The van der Waals surface area contributed by atoms with Crippen molar-refractivity contribution in [2.45, 2.75) is 18.9 Å². The molecule has 1 aliphatic rings. The van der Waals surface area contributed by atoms with E-state index in [1.165, 1.54) is 0 Å². The van der Waals surface area contributed by atoms with E-state index < -0.39 is 0 Å². The lowest BCUT2D eigenvalue weighted by Crippen LogP contribution is -2.17. The van der Waals surface area contributed by atoms with Gasteiger partial charge in [-0.05, 0) is 38.6 Å². The van der Waals surface area contributed by atoms with Crippen molar-refractivity contribution < 1.29 is 18.9 Å². The highest BCUT2D eigenvalue weighted by Crippen LogP contribution is 2.54. The van der Waals surface area contributed by atoms with E-state index in [-0.39, 0.29) is 6.10 Å². The van der Waals surface area contributed by atoms with Crippen molar-refractivity contribution >= 4 is 0 Å². The molecule has 0 saturated carbocycles. The van der Waals surface area contributed by atoms with Gasteiger partial charge in [0.15, 0.2) is 11.5 Å². The topological polar surface area (TPSA) is 49.0 Å². The number of rotatable bonds is 7. The molecule has 25 heavy (non-hydrogen) atoms. The Hall–Kier alpha value is -2.40. The third-order valence-corrected chi connectivity index (χ3v) is 4.53. The molecule has 0 saturated heterocycles. The van der Waals surface area contributed by atoms with Gasteiger partial charge in [-0.2, -0.15) is 0 Å². The molecule has 0 aromatic heterocycles. The highest BCUT2D eigenvalue weighted by atomic mass is 16.5. The molecule has 1 aliphatic heterocycles. The number of benzene rings is 2. The Morgan fingerprint density at radius 1 is 1.04 bits per heavy atom. The Kier molecular flexibility index (Phi) is 5.34. The fourth-order valence-electron chi connectivity index (χ4n) is 3.38. The van der Waals surface area contributed by atoms with Crippen LogP contribution in [-0.4, -0.2) is 34.9 Å². The van der Waals surface area contributed by atoms with Crippen LogP contribution in [0.5, 0.6) is 23.0 Å². The largest absolute Gasteiger partial charge is 0.493 e. The minimum absolute atomic E-state index is 0.0491. The van der Waals surface area contributed by atoms with Crippen molar-refractivity contribution in [1.29, 1.82) is 0 Å². The van der Waals surface area contributed by atoms with Crippen LogP contribution in [-0.2, 0) is 0 Å². The number of hydrogen-bond donors (Lipinski definition) is 1. The molecular weight excluding hydrogens is 318 g/mol. The predicted octanol–water partition coefficient (Wildman–Crippen LogP) is 3.81. The molecule has 5 nitrogen and oxygen atoms in total. The van der Waals surface area contributed by atoms with Crippen molar-refractivity contribution in [2.24, 2.45) is 0 Å². The minimum Gasteiger partial charge on any atom is -0.493 e. The summed E-state index contributed by atoms with van der Waals surface area (Å²) in [5, 5.41) is 3.19. The lowest BCUT2D eigenvalue weighted by Gasteiger charge is -2.31. The Labute approximate surface area is 148 Å². The summed E-state index contributed by atoms with van der Waals surface area (Å²) in [4.78, 5) is 0. The lowest BCUT2D eigenvalue weighted by molar-refractivity contribution is 0.187. The van der Waals surface area contributed by atoms with Gasteiger partial charge in [-0.15, -0.1) is 0 Å². The van der Waals surface area contributed by atoms with Crippen LogP contribution in [0, 0.1) is 0 Å². The van der Waals surface area contributed by atoms with Gasteiger partial charge in [-0.1, -0.05) is 18.2 Å². The van der Waals surface area contributed by atoms with E-state index in [9.17, 15) is 0 Å². The van der Waals surface area contributed by atoms with Gasteiger partial charge < -0.3 is 24.3 Å². The van der Waals surface area contributed by atoms with Gasteiger partial charge >= 0.3 is 0 Å². The summed E-state index contributed by atoms with van der Waals surface area (Å²) in [6, 6.07) is 10.0. The second kappa shape index (κ2) is 7.66. The molecule has 0 spiro atoms. The molecule has 0 aliphatic carbocycles. The molecule has 1 heterocycles. The summed E-state index contributed by atoms with van der Waals surface area (Å²) in [5.74, 6) is 2.82. The van der Waals surface area contributed by atoms with Crippen LogP contribution in [0.1, 0.15) is 24.5 Å². The van der Waals surface area contributed by atoms with E-state index in [2.05, 4.69) is 5.32 Å². The summed E-state index contributed by atoms with van der Waals surface area (Å²) < 4.78 is 23.1. The first-order valence-corrected chi connectivity index (χ1v) is 8.48. The van der Waals surface area contributed by atoms with Crippen molar-refractivity contribution in [2.75, 3.05) is 34.9 Å². The summed E-state index contributed by atoms with van der Waals surface area (Å²) >= 11 is 0. The molecule has 0 fully saturated rings. The lowest BCUT2D eigenvalue weighted by atomic mass is 9.89. The molecule has 5 heteroatoms. The smallest absolute Gasteiger partial charge is 0.203 e. The molecule has 0 amide bonds.